The topological polar surface area (TPSA) is 45.7 Å². The van der Waals surface area contributed by atoms with Gasteiger partial charge in [-0.15, -0.1) is 0 Å². The summed E-state index contributed by atoms with van der Waals surface area (Å²) in [6.07, 6.45) is 1.27. The molecule has 0 radical (unpaired) electrons. The molecule has 6 heteroatoms. The second-order valence-corrected chi connectivity index (χ2v) is 7.24. The van der Waals surface area contributed by atoms with E-state index in [2.05, 4.69) is 23.7 Å². The maximum absolute atomic E-state index is 13.3. The molecular weight excluding hydrogens is 345 g/mol. The Morgan fingerprint density at radius 3 is 2.19 bits per heavy atom. The Bertz CT molecular complexity index is 736. The van der Waals surface area contributed by atoms with Crippen molar-refractivity contribution in [3.63, 3.8) is 0 Å². The lowest BCUT2D eigenvalue weighted by molar-refractivity contribution is 0.0577. The van der Waals surface area contributed by atoms with Crippen molar-refractivity contribution in [3.8, 4) is 0 Å². The summed E-state index contributed by atoms with van der Waals surface area (Å²) in [4.78, 5) is 20.8. The number of pyridine rings is 1. The molecule has 27 heavy (non-hydrogen) atoms. The Morgan fingerprint density at radius 2 is 1.70 bits per heavy atom. The molecule has 0 aliphatic rings. The van der Waals surface area contributed by atoms with Gasteiger partial charge in [-0.05, 0) is 70.5 Å². The van der Waals surface area contributed by atoms with E-state index in [1.807, 2.05) is 32.9 Å². The Morgan fingerprint density at radius 1 is 1.07 bits per heavy atom. The highest BCUT2D eigenvalue weighted by Crippen LogP contribution is 2.22. The molecule has 2 aromatic rings. The number of ether oxygens (including phenoxy) is 1. The van der Waals surface area contributed by atoms with Crippen molar-refractivity contribution in [2.75, 3.05) is 22.9 Å². The molecule has 0 atom stereocenters. The lowest BCUT2D eigenvalue weighted by Gasteiger charge is -2.27. The van der Waals surface area contributed by atoms with Gasteiger partial charge < -0.3 is 9.64 Å². The number of hydrogen-bond acceptors (Lipinski definition) is 4. The molecule has 2 rings (SSSR count). The minimum absolute atomic E-state index is 0.284. The zero-order valence-electron chi connectivity index (χ0n) is 16.7. The molecular formula is C21H28FN3O2. The summed E-state index contributed by atoms with van der Waals surface area (Å²) in [5, 5.41) is 0. The Labute approximate surface area is 160 Å². The van der Waals surface area contributed by atoms with Crippen LogP contribution in [0.2, 0.25) is 0 Å². The number of anilines is 2. The van der Waals surface area contributed by atoms with Gasteiger partial charge in [0.25, 0.3) is 0 Å². The number of hydrogen-bond donors (Lipinski definition) is 0. The zero-order valence-corrected chi connectivity index (χ0v) is 16.7. The van der Waals surface area contributed by atoms with Crippen LogP contribution in [0.5, 0.6) is 0 Å². The standard InChI is InChI=1S/C21H28FN3O2/c1-6-24(7-2)19-13-8-16(14-23-19)15-25(20(26)27-21(3,4)5)18-11-9-17(22)10-12-18/h8-14H,6-7,15H2,1-5H3. The first-order valence-electron chi connectivity index (χ1n) is 9.19. The second kappa shape index (κ2) is 8.84. The van der Waals surface area contributed by atoms with Crippen molar-refractivity contribution in [3.05, 3.63) is 54.0 Å². The number of carbonyl (C=O) groups is 1. The lowest BCUT2D eigenvalue weighted by Crippen LogP contribution is -2.36. The number of rotatable bonds is 6. The van der Waals surface area contributed by atoms with Gasteiger partial charge in [0.05, 0.1) is 6.54 Å². The molecule has 146 valence electrons. The molecule has 1 heterocycles. The Balaban J connectivity index is 2.25. The van der Waals surface area contributed by atoms with E-state index < -0.39 is 11.7 Å². The van der Waals surface area contributed by atoms with E-state index in [0.29, 0.717) is 5.69 Å². The quantitative estimate of drug-likeness (QED) is 0.714. The van der Waals surface area contributed by atoms with Crippen LogP contribution in [0.3, 0.4) is 0 Å². The van der Waals surface area contributed by atoms with Crippen molar-refractivity contribution < 1.29 is 13.9 Å². The molecule has 0 spiro atoms. The van der Waals surface area contributed by atoms with Crippen molar-refractivity contribution in [1.29, 1.82) is 0 Å². The van der Waals surface area contributed by atoms with Crippen LogP contribution in [0.1, 0.15) is 40.2 Å². The number of carbonyl (C=O) groups excluding carboxylic acids is 1. The second-order valence-electron chi connectivity index (χ2n) is 7.24. The van der Waals surface area contributed by atoms with Gasteiger partial charge in [-0.2, -0.15) is 0 Å². The minimum atomic E-state index is -0.625. The fourth-order valence-electron chi connectivity index (χ4n) is 2.63. The number of benzene rings is 1. The van der Waals surface area contributed by atoms with E-state index in [4.69, 9.17) is 4.74 Å². The van der Waals surface area contributed by atoms with Gasteiger partial charge in [-0.1, -0.05) is 6.07 Å². The van der Waals surface area contributed by atoms with E-state index >= 15 is 0 Å². The van der Waals surface area contributed by atoms with E-state index in [1.54, 1.807) is 18.3 Å². The molecule has 1 aromatic heterocycles. The normalized spacial score (nSPS) is 11.2. The third kappa shape index (κ3) is 5.94. The molecule has 1 amide bonds. The first-order chi connectivity index (χ1) is 12.7. The fourth-order valence-corrected chi connectivity index (χ4v) is 2.63. The van der Waals surface area contributed by atoms with E-state index in [1.165, 1.54) is 17.0 Å². The third-order valence-electron chi connectivity index (χ3n) is 3.99. The minimum Gasteiger partial charge on any atom is -0.443 e. The number of amides is 1. The monoisotopic (exact) mass is 373 g/mol. The van der Waals surface area contributed by atoms with E-state index in [-0.39, 0.29) is 12.4 Å². The molecule has 0 bridgehead atoms. The maximum Gasteiger partial charge on any atom is 0.415 e. The molecule has 0 saturated heterocycles. The predicted molar refractivity (Wildman–Crippen MR) is 107 cm³/mol. The number of nitrogens with zero attached hydrogens (tertiary/aromatic N) is 3. The van der Waals surface area contributed by atoms with Gasteiger partial charge >= 0.3 is 6.09 Å². The Hall–Kier alpha value is -2.63. The van der Waals surface area contributed by atoms with Gasteiger partial charge in [-0.25, -0.2) is 14.2 Å². The molecule has 0 aliphatic heterocycles. The van der Waals surface area contributed by atoms with Gasteiger partial charge in [0.2, 0.25) is 0 Å². The number of aromatic nitrogens is 1. The van der Waals surface area contributed by atoms with Gasteiger partial charge in [0.15, 0.2) is 0 Å². The number of halogens is 1. The van der Waals surface area contributed by atoms with Crippen LogP contribution in [0.25, 0.3) is 0 Å². The van der Waals surface area contributed by atoms with Crippen LogP contribution in [-0.4, -0.2) is 29.8 Å². The fraction of sp³-hybridized carbons (Fsp3) is 0.429. The van der Waals surface area contributed by atoms with E-state index in [0.717, 1.165) is 24.5 Å². The summed E-state index contributed by atoms with van der Waals surface area (Å²) in [5.74, 6) is 0.544. The summed E-state index contributed by atoms with van der Waals surface area (Å²) in [6, 6.07) is 9.68. The highest BCUT2D eigenvalue weighted by Gasteiger charge is 2.24. The van der Waals surface area contributed by atoms with Crippen LogP contribution in [-0.2, 0) is 11.3 Å². The third-order valence-corrected chi connectivity index (χ3v) is 3.99. The van der Waals surface area contributed by atoms with Crippen LogP contribution in [0, 0.1) is 5.82 Å². The Kier molecular flexibility index (Phi) is 6.77. The average molecular weight is 373 g/mol. The van der Waals surface area contributed by atoms with Gasteiger partial charge in [0.1, 0.15) is 17.2 Å². The van der Waals surface area contributed by atoms with Crippen molar-refractivity contribution >= 4 is 17.6 Å². The highest BCUT2D eigenvalue weighted by atomic mass is 19.1. The molecule has 0 aliphatic carbocycles. The molecule has 1 aromatic carbocycles. The SMILES string of the molecule is CCN(CC)c1ccc(CN(C(=O)OC(C)(C)C)c2ccc(F)cc2)cn1. The first kappa shape index (κ1) is 20.7. The summed E-state index contributed by atoms with van der Waals surface area (Å²) in [6.45, 7) is 11.6. The molecule has 0 fully saturated rings. The highest BCUT2D eigenvalue weighted by molar-refractivity contribution is 5.87. The lowest BCUT2D eigenvalue weighted by atomic mass is 10.2. The molecule has 0 N–H and O–H groups in total. The summed E-state index contributed by atoms with van der Waals surface area (Å²) < 4.78 is 18.8. The summed E-state index contributed by atoms with van der Waals surface area (Å²) >= 11 is 0. The summed E-state index contributed by atoms with van der Waals surface area (Å²) in [7, 11) is 0. The molecule has 5 nitrogen and oxygen atoms in total. The van der Waals surface area contributed by atoms with Crippen LogP contribution in [0.15, 0.2) is 42.6 Å². The smallest absolute Gasteiger partial charge is 0.415 e. The zero-order chi connectivity index (χ0) is 20.0. The predicted octanol–water partition coefficient (Wildman–Crippen LogP) is 5.01. The van der Waals surface area contributed by atoms with Crippen LogP contribution in [0.4, 0.5) is 20.7 Å². The molecule has 0 saturated carbocycles. The van der Waals surface area contributed by atoms with Gasteiger partial charge in [0, 0.05) is 25.0 Å². The van der Waals surface area contributed by atoms with E-state index in [9.17, 15) is 9.18 Å². The van der Waals surface area contributed by atoms with Crippen LogP contribution < -0.4 is 9.80 Å². The largest absolute Gasteiger partial charge is 0.443 e. The average Bonchev–Trinajstić information content (AvgIpc) is 2.61. The van der Waals surface area contributed by atoms with Crippen molar-refractivity contribution in [2.24, 2.45) is 0 Å². The maximum atomic E-state index is 13.3. The van der Waals surface area contributed by atoms with Gasteiger partial charge in [-0.3, -0.25) is 4.90 Å². The van der Waals surface area contributed by atoms with Crippen molar-refractivity contribution in [1.82, 2.24) is 4.98 Å². The molecule has 0 unspecified atom stereocenters. The van der Waals surface area contributed by atoms with Crippen molar-refractivity contribution in [2.45, 2.75) is 46.8 Å². The first-order valence-corrected chi connectivity index (χ1v) is 9.19. The van der Waals surface area contributed by atoms with Crippen LogP contribution >= 0.6 is 0 Å². The summed E-state index contributed by atoms with van der Waals surface area (Å²) in [5.41, 5.74) is 0.805.